The predicted octanol–water partition coefficient (Wildman–Crippen LogP) is 4.47. The molecule has 2 heterocycles. The highest BCUT2D eigenvalue weighted by Gasteiger charge is 2.22. The summed E-state index contributed by atoms with van der Waals surface area (Å²) in [6, 6.07) is 8.32. The molecule has 1 aliphatic rings. The van der Waals surface area contributed by atoms with Gasteiger partial charge in [0.1, 0.15) is 11.6 Å². The standard InChI is InChI=1S/C16H16Cl2FN3/c17-12-7-15(18)16(21-9-12)20-8-11-5-6-22(10-11)14-3-1-13(19)2-4-14/h1-4,7,9,11H,5-6,8,10H2,(H,20,21). The molecule has 3 rings (SSSR count). The summed E-state index contributed by atoms with van der Waals surface area (Å²) in [5, 5.41) is 4.33. The molecule has 1 fully saturated rings. The number of anilines is 2. The lowest BCUT2D eigenvalue weighted by molar-refractivity contribution is 0.620. The van der Waals surface area contributed by atoms with Gasteiger partial charge in [0.05, 0.1) is 10.0 Å². The molecule has 0 amide bonds. The summed E-state index contributed by atoms with van der Waals surface area (Å²) in [7, 11) is 0. The van der Waals surface area contributed by atoms with Crippen molar-refractivity contribution < 1.29 is 4.39 Å². The first-order valence-corrected chi connectivity index (χ1v) is 7.93. The maximum atomic E-state index is 13.0. The second-order valence-corrected chi connectivity index (χ2v) is 6.29. The van der Waals surface area contributed by atoms with Gasteiger partial charge in [0.25, 0.3) is 0 Å². The predicted molar refractivity (Wildman–Crippen MR) is 89.5 cm³/mol. The largest absolute Gasteiger partial charge is 0.371 e. The third-order valence-electron chi connectivity index (χ3n) is 3.84. The summed E-state index contributed by atoms with van der Waals surface area (Å²) in [6.45, 7) is 2.70. The maximum Gasteiger partial charge on any atom is 0.144 e. The van der Waals surface area contributed by atoms with Crippen molar-refractivity contribution in [1.82, 2.24) is 4.98 Å². The molecule has 3 nitrogen and oxygen atoms in total. The second kappa shape index (κ2) is 6.71. The zero-order valence-corrected chi connectivity index (χ0v) is 13.4. The lowest BCUT2D eigenvalue weighted by Gasteiger charge is -2.19. The van der Waals surface area contributed by atoms with Crippen LogP contribution in [0.25, 0.3) is 0 Å². The van der Waals surface area contributed by atoms with Crippen molar-refractivity contribution in [3.05, 3.63) is 52.4 Å². The van der Waals surface area contributed by atoms with Gasteiger partial charge in [-0.25, -0.2) is 9.37 Å². The number of halogens is 3. The molecule has 6 heteroatoms. The van der Waals surface area contributed by atoms with Gasteiger partial charge in [-0.05, 0) is 42.7 Å². The normalized spacial score (nSPS) is 17.8. The van der Waals surface area contributed by atoms with E-state index in [0.717, 1.165) is 31.7 Å². The van der Waals surface area contributed by atoms with E-state index in [1.165, 1.54) is 12.1 Å². The van der Waals surface area contributed by atoms with Gasteiger partial charge in [-0.2, -0.15) is 0 Å². The molecule has 1 aliphatic heterocycles. The lowest BCUT2D eigenvalue weighted by atomic mass is 10.1. The Morgan fingerprint density at radius 2 is 2.05 bits per heavy atom. The average Bonchev–Trinajstić information content (AvgIpc) is 2.96. The molecule has 0 bridgehead atoms. The second-order valence-electron chi connectivity index (χ2n) is 5.44. The van der Waals surface area contributed by atoms with Crippen LogP contribution in [0.2, 0.25) is 10.0 Å². The Kier molecular flexibility index (Phi) is 4.69. The van der Waals surface area contributed by atoms with Crippen molar-refractivity contribution in [1.29, 1.82) is 0 Å². The summed E-state index contributed by atoms with van der Waals surface area (Å²) in [4.78, 5) is 6.46. The Morgan fingerprint density at radius 1 is 1.27 bits per heavy atom. The van der Waals surface area contributed by atoms with Crippen LogP contribution in [0.1, 0.15) is 6.42 Å². The first kappa shape index (κ1) is 15.4. The van der Waals surface area contributed by atoms with Crippen molar-refractivity contribution in [2.45, 2.75) is 6.42 Å². The Bertz CT molecular complexity index is 648. The Balaban J connectivity index is 1.56. The summed E-state index contributed by atoms with van der Waals surface area (Å²) in [5.74, 6) is 0.953. The van der Waals surface area contributed by atoms with E-state index in [1.807, 2.05) is 12.1 Å². The minimum absolute atomic E-state index is 0.204. The van der Waals surface area contributed by atoms with Crippen LogP contribution < -0.4 is 10.2 Å². The number of pyridine rings is 1. The quantitative estimate of drug-likeness (QED) is 0.890. The van der Waals surface area contributed by atoms with Gasteiger partial charge in [0, 0.05) is 31.5 Å². The first-order chi connectivity index (χ1) is 10.6. The smallest absolute Gasteiger partial charge is 0.144 e. The molecule has 0 radical (unpaired) electrons. The van der Waals surface area contributed by atoms with E-state index >= 15 is 0 Å². The van der Waals surface area contributed by atoms with Crippen LogP contribution in [0.15, 0.2) is 36.5 Å². The van der Waals surface area contributed by atoms with E-state index in [2.05, 4.69) is 15.2 Å². The van der Waals surface area contributed by atoms with Crippen LogP contribution in [-0.2, 0) is 0 Å². The molecule has 1 atom stereocenters. The average molecular weight is 340 g/mol. The monoisotopic (exact) mass is 339 g/mol. The molecule has 116 valence electrons. The lowest BCUT2D eigenvalue weighted by Crippen LogP contribution is -2.22. The van der Waals surface area contributed by atoms with E-state index < -0.39 is 0 Å². The van der Waals surface area contributed by atoms with Crippen molar-refractivity contribution in [2.75, 3.05) is 29.9 Å². The van der Waals surface area contributed by atoms with Gasteiger partial charge in [-0.1, -0.05) is 23.2 Å². The van der Waals surface area contributed by atoms with Crippen LogP contribution in [0.4, 0.5) is 15.9 Å². The van der Waals surface area contributed by atoms with Gasteiger partial charge in [0.15, 0.2) is 0 Å². The topological polar surface area (TPSA) is 28.2 Å². The molecule has 0 aliphatic carbocycles. The highest BCUT2D eigenvalue weighted by Crippen LogP contribution is 2.26. The van der Waals surface area contributed by atoms with E-state index in [9.17, 15) is 4.39 Å². The third kappa shape index (κ3) is 3.62. The van der Waals surface area contributed by atoms with Crippen molar-refractivity contribution in [3.8, 4) is 0 Å². The summed E-state index contributed by atoms with van der Waals surface area (Å²) in [6.07, 6.45) is 2.66. The molecule has 2 aromatic rings. The number of hydrogen-bond donors (Lipinski definition) is 1. The fourth-order valence-corrected chi connectivity index (χ4v) is 3.12. The highest BCUT2D eigenvalue weighted by molar-refractivity contribution is 6.35. The molecule has 0 spiro atoms. The summed E-state index contributed by atoms with van der Waals surface area (Å²) < 4.78 is 13.0. The maximum absolute atomic E-state index is 13.0. The van der Waals surface area contributed by atoms with E-state index in [1.54, 1.807) is 12.3 Å². The van der Waals surface area contributed by atoms with Gasteiger partial charge in [-0.15, -0.1) is 0 Å². The molecule has 1 saturated heterocycles. The minimum atomic E-state index is -0.204. The zero-order valence-electron chi connectivity index (χ0n) is 11.9. The van der Waals surface area contributed by atoms with Crippen LogP contribution in [0, 0.1) is 11.7 Å². The number of nitrogens with one attached hydrogen (secondary N) is 1. The molecule has 22 heavy (non-hydrogen) atoms. The van der Waals surface area contributed by atoms with Crippen LogP contribution in [0.5, 0.6) is 0 Å². The Labute approximate surface area is 139 Å². The van der Waals surface area contributed by atoms with E-state index in [-0.39, 0.29) is 5.82 Å². The van der Waals surface area contributed by atoms with Crippen LogP contribution in [0.3, 0.4) is 0 Å². The van der Waals surface area contributed by atoms with Crippen molar-refractivity contribution in [2.24, 2.45) is 5.92 Å². The van der Waals surface area contributed by atoms with E-state index in [0.29, 0.717) is 21.8 Å². The molecule has 1 N–H and O–H groups in total. The molecular weight excluding hydrogens is 324 g/mol. The van der Waals surface area contributed by atoms with Gasteiger partial charge in [-0.3, -0.25) is 0 Å². The van der Waals surface area contributed by atoms with Crippen LogP contribution >= 0.6 is 23.2 Å². The highest BCUT2D eigenvalue weighted by atomic mass is 35.5. The SMILES string of the molecule is Fc1ccc(N2CCC(CNc3ncc(Cl)cc3Cl)C2)cc1. The first-order valence-electron chi connectivity index (χ1n) is 7.17. The van der Waals surface area contributed by atoms with Gasteiger partial charge in [0.2, 0.25) is 0 Å². The molecule has 1 aromatic carbocycles. The molecular formula is C16H16Cl2FN3. The summed E-state index contributed by atoms with van der Waals surface area (Å²) >= 11 is 11.9. The van der Waals surface area contributed by atoms with Crippen LogP contribution in [-0.4, -0.2) is 24.6 Å². The van der Waals surface area contributed by atoms with Gasteiger partial charge >= 0.3 is 0 Å². The Morgan fingerprint density at radius 3 is 2.77 bits per heavy atom. The summed E-state index contributed by atoms with van der Waals surface area (Å²) in [5.41, 5.74) is 1.06. The number of nitrogens with zero attached hydrogens (tertiary/aromatic N) is 2. The number of aromatic nitrogens is 1. The van der Waals surface area contributed by atoms with Gasteiger partial charge < -0.3 is 10.2 Å². The number of rotatable bonds is 4. The Hall–Kier alpha value is -1.52. The third-order valence-corrected chi connectivity index (χ3v) is 4.34. The molecule has 0 saturated carbocycles. The molecule has 1 unspecified atom stereocenters. The minimum Gasteiger partial charge on any atom is -0.371 e. The number of hydrogen-bond acceptors (Lipinski definition) is 3. The molecule has 1 aromatic heterocycles. The fraction of sp³-hybridized carbons (Fsp3) is 0.312. The van der Waals surface area contributed by atoms with E-state index in [4.69, 9.17) is 23.2 Å². The van der Waals surface area contributed by atoms with Crippen molar-refractivity contribution >= 4 is 34.7 Å². The number of benzene rings is 1. The fourth-order valence-electron chi connectivity index (χ4n) is 2.67. The zero-order chi connectivity index (χ0) is 15.5. The van der Waals surface area contributed by atoms with Crippen molar-refractivity contribution in [3.63, 3.8) is 0 Å².